The van der Waals surface area contributed by atoms with E-state index in [-0.39, 0.29) is 19.1 Å². The maximum absolute atomic E-state index is 12.7. The summed E-state index contributed by atoms with van der Waals surface area (Å²) in [6.07, 6.45) is -3.63. The van der Waals surface area contributed by atoms with Crippen molar-refractivity contribution in [2.75, 3.05) is 39.2 Å². The van der Waals surface area contributed by atoms with Crippen molar-refractivity contribution in [2.24, 2.45) is 0 Å². The highest BCUT2D eigenvalue weighted by Gasteiger charge is 2.47. The first-order chi connectivity index (χ1) is 14.6. The van der Waals surface area contributed by atoms with Crippen molar-refractivity contribution in [3.8, 4) is 0 Å². The van der Waals surface area contributed by atoms with Crippen LogP contribution in [0.25, 0.3) is 0 Å². The van der Waals surface area contributed by atoms with Crippen molar-refractivity contribution in [2.45, 2.75) is 48.1 Å². The van der Waals surface area contributed by atoms with Gasteiger partial charge in [0.1, 0.15) is 0 Å². The molecule has 2 saturated heterocycles. The molecule has 0 aliphatic carbocycles. The van der Waals surface area contributed by atoms with Crippen LogP contribution in [-0.4, -0.2) is 93.7 Å². The number of carbonyl (C=O) groups excluding carboxylic acids is 1. The monoisotopic (exact) mass is 465 g/mol. The van der Waals surface area contributed by atoms with Crippen molar-refractivity contribution in [1.29, 1.82) is 0 Å². The van der Waals surface area contributed by atoms with Gasteiger partial charge in [-0.2, -0.15) is 13.2 Å². The first-order valence-electron chi connectivity index (χ1n) is 9.89. The van der Waals surface area contributed by atoms with Gasteiger partial charge >= 0.3 is 12.3 Å². The number of alkyl halides is 3. The van der Waals surface area contributed by atoms with E-state index in [0.717, 1.165) is 0 Å². The zero-order valence-corrected chi connectivity index (χ0v) is 17.9. The fourth-order valence-electron chi connectivity index (χ4n) is 3.80. The van der Waals surface area contributed by atoms with Crippen molar-refractivity contribution < 1.29 is 37.1 Å². The van der Waals surface area contributed by atoms with E-state index in [1.165, 1.54) is 4.90 Å². The van der Waals surface area contributed by atoms with Crippen LogP contribution in [-0.2, 0) is 20.6 Å². The Hall–Kier alpha value is -1.60. The molecular formula is C19H26F3N3O5S. The topological polar surface area (TPSA) is 98.2 Å². The molecule has 0 radical (unpaired) electrons. The fourth-order valence-corrected chi connectivity index (χ4v) is 4.94. The summed E-state index contributed by atoms with van der Waals surface area (Å²) < 4.78 is 61.1. The van der Waals surface area contributed by atoms with E-state index in [4.69, 9.17) is 9.84 Å². The van der Waals surface area contributed by atoms with Gasteiger partial charge in [-0.05, 0) is 38.4 Å². The van der Waals surface area contributed by atoms with Gasteiger partial charge in [0.15, 0.2) is 10.8 Å². The highest BCUT2D eigenvalue weighted by Crippen LogP contribution is 2.38. The average molecular weight is 465 g/mol. The Balaban J connectivity index is 1.48. The predicted octanol–water partition coefficient (Wildman–Crippen LogP) is 1.76. The van der Waals surface area contributed by atoms with E-state index >= 15 is 0 Å². The summed E-state index contributed by atoms with van der Waals surface area (Å²) >= 11 is -1.23. The van der Waals surface area contributed by atoms with Crippen LogP contribution in [0.4, 0.5) is 18.0 Å². The molecule has 3 rings (SSSR count). The Morgan fingerprint density at radius 1 is 1.52 bits per heavy atom. The Bertz CT molecular complexity index is 734. The van der Waals surface area contributed by atoms with Gasteiger partial charge in [0.2, 0.25) is 6.10 Å². The molecule has 1 aromatic heterocycles. The third-order valence-electron chi connectivity index (χ3n) is 5.74. The quantitative estimate of drug-likeness (QED) is 0.640. The number of amides is 1. The molecule has 0 saturated carbocycles. The summed E-state index contributed by atoms with van der Waals surface area (Å²) in [5.74, 6) is 0.328. The summed E-state index contributed by atoms with van der Waals surface area (Å²) in [5.41, 5.74) is -0.466. The van der Waals surface area contributed by atoms with Crippen LogP contribution in [0.5, 0.6) is 0 Å². The smallest absolute Gasteiger partial charge is 0.427 e. The van der Waals surface area contributed by atoms with Gasteiger partial charge in [0, 0.05) is 36.5 Å². The standard InChI is InChI=1S/C19H26F3N3O5S/c1-24(13-31(28)15-3-2-6-23-10-15)14-9-18(29-12-14)4-7-25(8-5-18)17(27)30-16(11-26)19(20,21)22/h2-3,6,10,14,16,26H,4-5,7-9,11-13H2,1H3/t14?,16-,31?/m1/s1. The normalized spacial score (nSPS) is 23.2. The van der Waals surface area contributed by atoms with Crippen molar-refractivity contribution >= 4 is 17.3 Å². The summed E-state index contributed by atoms with van der Waals surface area (Å²) in [7, 11) is 1.87. The second kappa shape index (κ2) is 9.90. The number of pyridine rings is 1. The van der Waals surface area contributed by atoms with E-state index in [2.05, 4.69) is 9.72 Å². The van der Waals surface area contributed by atoms with Crippen LogP contribution in [0.15, 0.2) is 29.4 Å². The molecule has 2 aliphatic rings. The molecule has 1 aromatic rings. The number of rotatable bonds is 6. The molecule has 174 valence electrons. The van der Waals surface area contributed by atoms with Crippen LogP contribution in [0, 0.1) is 0 Å². The van der Waals surface area contributed by atoms with Crippen LogP contribution >= 0.6 is 0 Å². The lowest BCUT2D eigenvalue weighted by molar-refractivity contribution is -0.215. The second-order valence-electron chi connectivity index (χ2n) is 7.86. The number of piperidine rings is 1. The SMILES string of the molecule is CN(C[S+]([O-])c1cccnc1)C1COC2(CCN(C(=O)O[C@H](CO)C(F)(F)F)CC2)C1. The summed E-state index contributed by atoms with van der Waals surface area (Å²) in [6, 6.07) is 3.54. The number of hydrogen-bond donors (Lipinski definition) is 1. The molecule has 2 fully saturated rings. The van der Waals surface area contributed by atoms with Crippen molar-refractivity contribution in [3.05, 3.63) is 24.5 Å². The third-order valence-corrected chi connectivity index (χ3v) is 7.15. The lowest BCUT2D eigenvalue weighted by Crippen LogP contribution is -2.49. The minimum absolute atomic E-state index is 0.0446. The molecule has 1 spiro atoms. The highest BCUT2D eigenvalue weighted by molar-refractivity contribution is 7.91. The molecule has 2 unspecified atom stereocenters. The lowest BCUT2D eigenvalue weighted by atomic mass is 9.87. The minimum Gasteiger partial charge on any atom is -0.610 e. The van der Waals surface area contributed by atoms with Crippen LogP contribution in [0.3, 0.4) is 0 Å². The molecule has 0 bridgehead atoms. The molecule has 1 amide bonds. The zero-order valence-electron chi connectivity index (χ0n) is 17.1. The highest BCUT2D eigenvalue weighted by atomic mass is 32.2. The molecule has 12 heteroatoms. The molecule has 3 atom stereocenters. The van der Waals surface area contributed by atoms with Gasteiger partial charge in [0.05, 0.1) is 25.0 Å². The second-order valence-corrected chi connectivity index (χ2v) is 9.28. The predicted molar refractivity (Wildman–Crippen MR) is 105 cm³/mol. The van der Waals surface area contributed by atoms with Gasteiger partial charge in [-0.15, -0.1) is 0 Å². The largest absolute Gasteiger partial charge is 0.610 e. The Morgan fingerprint density at radius 2 is 2.23 bits per heavy atom. The van der Waals surface area contributed by atoms with Crippen LogP contribution < -0.4 is 0 Å². The number of carbonyl (C=O) groups is 1. The Morgan fingerprint density at radius 3 is 2.81 bits per heavy atom. The number of hydrogen-bond acceptors (Lipinski definition) is 7. The maximum atomic E-state index is 12.7. The number of ether oxygens (including phenoxy) is 2. The third kappa shape index (κ3) is 6.01. The molecular weight excluding hydrogens is 439 g/mol. The number of likely N-dealkylation sites (N-methyl/N-ethyl adjacent to an activating group) is 1. The van der Waals surface area contributed by atoms with E-state index in [0.29, 0.717) is 36.6 Å². The van der Waals surface area contributed by atoms with E-state index in [9.17, 15) is 22.5 Å². The number of halogens is 3. The summed E-state index contributed by atoms with van der Waals surface area (Å²) in [6.45, 7) is -0.462. The van der Waals surface area contributed by atoms with Gasteiger partial charge in [0.25, 0.3) is 0 Å². The number of aliphatic hydroxyl groups excluding tert-OH is 1. The van der Waals surface area contributed by atoms with Gasteiger partial charge in [-0.25, -0.2) is 4.79 Å². The molecule has 0 aromatic carbocycles. The number of aromatic nitrogens is 1. The average Bonchev–Trinajstić information content (AvgIpc) is 3.15. The zero-order chi connectivity index (χ0) is 22.6. The molecule has 1 N–H and O–H groups in total. The molecule has 31 heavy (non-hydrogen) atoms. The van der Waals surface area contributed by atoms with Crippen molar-refractivity contribution in [1.82, 2.24) is 14.8 Å². The first kappa shape index (κ1) is 24.1. The Labute approximate surface area is 181 Å². The van der Waals surface area contributed by atoms with Gasteiger partial charge in [-0.1, -0.05) is 0 Å². The van der Waals surface area contributed by atoms with Crippen LogP contribution in [0.1, 0.15) is 19.3 Å². The minimum atomic E-state index is -4.82. The van der Waals surface area contributed by atoms with E-state index in [1.54, 1.807) is 24.5 Å². The fraction of sp³-hybridized carbons (Fsp3) is 0.684. The maximum Gasteiger partial charge on any atom is 0.427 e. The Kier molecular flexibility index (Phi) is 7.68. The molecule has 2 aliphatic heterocycles. The summed E-state index contributed by atoms with van der Waals surface area (Å²) in [5, 5.41) is 8.83. The van der Waals surface area contributed by atoms with E-state index in [1.807, 2.05) is 11.9 Å². The number of aliphatic hydroxyl groups is 1. The molecule has 3 heterocycles. The lowest BCUT2D eigenvalue weighted by Gasteiger charge is -2.38. The summed E-state index contributed by atoms with van der Waals surface area (Å²) in [4.78, 5) is 19.9. The van der Waals surface area contributed by atoms with E-state index < -0.39 is 41.8 Å². The van der Waals surface area contributed by atoms with Crippen LogP contribution in [0.2, 0.25) is 0 Å². The van der Waals surface area contributed by atoms with Gasteiger partial charge in [-0.3, -0.25) is 9.88 Å². The number of likely N-dealkylation sites (tertiary alicyclic amines) is 1. The van der Waals surface area contributed by atoms with Gasteiger partial charge < -0.3 is 24.0 Å². The van der Waals surface area contributed by atoms with Crippen molar-refractivity contribution in [3.63, 3.8) is 0 Å². The number of nitrogens with zero attached hydrogens (tertiary/aromatic N) is 3. The first-order valence-corrected chi connectivity index (χ1v) is 11.2. The molecule has 8 nitrogen and oxygen atoms in total.